The Morgan fingerprint density at radius 3 is 2.88 bits per heavy atom. The van der Waals surface area contributed by atoms with E-state index >= 15 is 0 Å². The first kappa shape index (κ1) is 13.4. The molecule has 0 saturated heterocycles. The van der Waals surface area contributed by atoms with Crippen LogP contribution in [0.3, 0.4) is 0 Å². The first-order valence-electron chi connectivity index (χ1n) is 5.44. The molecular formula is C13H16FNO2. The summed E-state index contributed by atoms with van der Waals surface area (Å²) in [6.45, 7) is 2.25. The van der Waals surface area contributed by atoms with Crippen molar-refractivity contribution >= 4 is 12.0 Å². The topological polar surface area (TPSA) is 49.3 Å². The van der Waals surface area contributed by atoms with Gasteiger partial charge in [0.05, 0.1) is 0 Å². The van der Waals surface area contributed by atoms with Crippen LogP contribution in [0.25, 0.3) is 6.08 Å². The van der Waals surface area contributed by atoms with Crippen molar-refractivity contribution in [3.8, 4) is 0 Å². The minimum Gasteiger partial charge on any atom is -0.396 e. The van der Waals surface area contributed by atoms with E-state index in [0.717, 1.165) is 0 Å². The number of aliphatic hydroxyl groups is 1. The molecule has 4 heteroatoms. The lowest BCUT2D eigenvalue weighted by molar-refractivity contribution is -0.116. The SMILES string of the molecule is CC(CO)CNC(=O)C=Cc1ccccc1F. The summed E-state index contributed by atoms with van der Waals surface area (Å²) in [7, 11) is 0. The Bertz CT molecular complexity index is 404. The molecule has 1 unspecified atom stereocenters. The van der Waals surface area contributed by atoms with Gasteiger partial charge in [0.25, 0.3) is 0 Å². The molecule has 0 radical (unpaired) electrons. The van der Waals surface area contributed by atoms with Gasteiger partial charge in [-0.05, 0) is 18.1 Å². The van der Waals surface area contributed by atoms with E-state index in [1.165, 1.54) is 18.2 Å². The molecule has 17 heavy (non-hydrogen) atoms. The van der Waals surface area contributed by atoms with Gasteiger partial charge >= 0.3 is 0 Å². The van der Waals surface area contributed by atoms with Crippen LogP contribution < -0.4 is 5.32 Å². The monoisotopic (exact) mass is 237 g/mol. The molecule has 0 aliphatic rings. The lowest BCUT2D eigenvalue weighted by atomic mass is 10.2. The summed E-state index contributed by atoms with van der Waals surface area (Å²) in [6, 6.07) is 6.23. The quantitative estimate of drug-likeness (QED) is 0.764. The van der Waals surface area contributed by atoms with Crippen LogP contribution >= 0.6 is 0 Å². The Kier molecular flexibility index (Phi) is 5.36. The summed E-state index contributed by atoms with van der Waals surface area (Å²) >= 11 is 0. The van der Waals surface area contributed by atoms with Crippen LogP contribution in [-0.2, 0) is 4.79 Å². The minimum atomic E-state index is -0.361. The van der Waals surface area contributed by atoms with E-state index in [1.54, 1.807) is 18.2 Å². The highest BCUT2D eigenvalue weighted by Crippen LogP contribution is 2.07. The van der Waals surface area contributed by atoms with Crippen molar-refractivity contribution in [2.75, 3.05) is 13.2 Å². The van der Waals surface area contributed by atoms with Gasteiger partial charge in [-0.1, -0.05) is 25.1 Å². The fraction of sp³-hybridized carbons (Fsp3) is 0.308. The Morgan fingerprint density at radius 1 is 1.53 bits per heavy atom. The van der Waals surface area contributed by atoms with Crippen LogP contribution in [0.2, 0.25) is 0 Å². The molecule has 0 spiro atoms. The van der Waals surface area contributed by atoms with Crippen molar-refractivity contribution in [2.45, 2.75) is 6.92 Å². The molecule has 0 bridgehead atoms. The van der Waals surface area contributed by atoms with Gasteiger partial charge in [-0.2, -0.15) is 0 Å². The molecule has 0 fully saturated rings. The minimum absolute atomic E-state index is 0.0146. The lowest BCUT2D eigenvalue weighted by Gasteiger charge is -2.07. The number of nitrogens with one attached hydrogen (secondary N) is 1. The highest BCUT2D eigenvalue weighted by Gasteiger charge is 2.02. The predicted octanol–water partition coefficient (Wildman–Crippen LogP) is 1.58. The lowest BCUT2D eigenvalue weighted by Crippen LogP contribution is -2.27. The summed E-state index contributed by atoms with van der Waals surface area (Å²) in [5.74, 6) is -0.644. The second-order valence-corrected chi connectivity index (χ2v) is 3.89. The maximum Gasteiger partial charge on any atom is 0.244 e. The molecule has 0 aromatic heterocycles. The average Bonchev–Trinajstić information content (AvgIpc) is 2.35. The molecule has 1 atom stereocenters. The van der Waals surface area contributed by atoms with E-state index in [2.05, 4.69) is 5.32 Å². The third-order valence-electron chi connectivity index (χ3n) is 2.26. The van der Waals surface area contributed by atoms with Gasteiger partial charge in [0.15, 0.2) is 0 Å². The first-order chi connectivity index (χ1) is 8.13. The second kappa shape index (κ2) is 6.81. The van der Waals surface area contributed by atoms with Crippen LogP contribution in [0.15, 0.2) is 30.3 Å². The molecule has 0 saturated carbocycles. The smallest absolute Gasteiger partial charge is 0.244 e. The maximum absolute atomic E-state index is 13.2. The molecule has 1 rings (SSSR count). The fourth-order valence-electron chi connectivity index (χ4n) is 1.17. The molecular weight excluding hydrogens is 221 g/mol. The Balaban J connectivity index is 2.49. The zero-order chi connectivity index (χ0) is 12.7. The number of rotatable bonds is 5. The highest BCUT2D eigenvalue weighted by molar-refractivity contribution is 5.91. The summed E-state index contributed by atoms with van der Waals surface area (Å²) in [5, 5.41) is 11.4. The molecule has 2 N–H and O–H groups in total. The van der Waals surface area contributed by atoms with Crippen molar-refractivity contribution in [2.24, 2.45) is 5.92 Å². The van der Waals surface area contributed by atoms with Crippen LogP contribution in [-0.4, -0.2) is 24.2 Å². The number of carbonyl (C=O) groups excluding carboxylic acids is 1. The van der Waals surface area contributed by atoms with Gasteiger partial charge in [0, 0.05) is 24.8 Å². The van der Waals surface area contributed by atoms with E-state index in [4.69, 9.17) is 5.11 Å². The molecule has 1 amide bonds. The second-order valence-electron chi connectivity index (χ2n) is 3.89. The fourth-order valence-corrected chi connectivity index (χ4v) is 1.17. The Hall–Kier alpha value is -1.68. The molecule has 1 aromatic rings. The van der Waals surface area contributed by atoms with Gasteiger partial charge in [-0.15, -0.1) is 0 Å². The number of amides is 1. The van der Waals surface area contributed by atoms with Crippen molar-refractivity contribution in [3.63, 3.8) is 0 Å². The van der Waals surface area contributed by atoms with Crippen LogP contribution in [0.4, 0.5) is 4.39 Å². The predicted molar refractivity (Wildman–Crippen MR) is 64.7 cm³/mol. The van der Waals surface area contributed by atoms with Crippen LogP contribution in [0, 0.1) is 11.7 Å². The summed E-state index contributed by atoms with van der Waals surface area (Å²) in [4.78, 5) is 11.3. The molecule has 92 valence electrons. The molecule has 0 heterocycles. The average molecular weight is 237 g/mol. The van der Waals surface area contributed by atoms with Crippen LogP contribution in [0.1, 0.15) is 12.5 Å². The number of aliphatic hydroxyl groups excluding tert-OH is 1. The van der Waals surface area contributed by atoms with Gasteiger partial charge in [-0.3, -0.25) is 4.79 Å². The van der Waals surface area contributed by atoms with E-state index in [1.807, 2.05) is 6.92 Å². The largest absolute Gasteiger partial charge is 0.396 e. The van der Waals surface area contributed by atoms with Crippen molar-refractivity contribution in [1.82, 2.24) is 5.32 Å². The van der Waals surface area contributed by atoms with Crippen molar-refractivity contribution < 1.29 is 14.3 Å². The maximum atomic E-state index is 13.2. The number of hydrogen-bond acceptors (Lipinski definition) is 2. The Labute approximate surface area is 100.0 Å². The summed E-state index contributed by atoms with van der Waals surface area (Å²) in [6.07, 6.45) is 2.71. The molecule has 1 aromatic carbocycles. The Morgan fingerprint density at radius 2 is 2.24 bits per heavy atom. The van der Waals surface area contributed by atoms with E-state index in [-0.39, 0.29) is 24.2 Å². The molecule has 3 nitrogen and oxygen atoms in total. The van der Waals surface area contributed by atoms with Crippen molar-refractivity contribution in [3.05, 3.63) is 41.7 Å². The van der Waals surface area contributed by atoms with E-state index in [0.29, 0.717) is 12.1 Å². The number of hydrogen-bond donors (Lipinski definition) is 2. The first-order valence-corrected chi connectivity index (χ1v) is 5.44. The van der Waals surface area contributed by atoms with Crippen LogP contribution in [0.5, 0.6) is 0 Å². The van der Waals surface area contributed by atoms with Gasteiger partial charge in [0.1, 0.15) is 5.82 Å². The zero-order valence-corrected chi connectivity index (χ0v) is 9.69. The standard InChI is InChI=1S/C13H16FNO2/c1-10(9-16)8-15-13(17)7-6-11-4-2-3-5-12(11)14/h2-7,10,16H,8-9H2,1H3,(H,15,17). The summed E-state index contributed by atoms with van der Waals surface area (Å²) < 4.78 is 13.2. The van der Waals surface area contributed by atoms with Crippen molar-refractivity contribution in [1.29, 1.82) is 0 Å². The van der Waals surface area contributed by atoms with Gasteiger partial charge in [0.2, 0.25) is 5.91 Å². The van der Waals surface area contributed by atoms with E-state index < -0.39 is 0 Å². The highest BCUT2D eigenvalue weighted by atomic mass is 19.1. The molecule has 0 aliphatic carbocycles. The normalized spacial score (nSPS) is 12.6. The number of benzene rings is 1. The zero-order valence-electron chi connectivity index (χ0n) is 9.69. The number of halogens is 1. The van der Waals surface area contributed by atoms with E-state index in [9.17, 15) is 9.18 Å². The summed E-state index contributed by atoms with van der Waals surface area (Å²) in [5.41, 5.74) is 0.373. The van der Waals surface area contributed by atoms with Gasteiger partial charge in [-0.25, -0.2) is 4.39 Å². The van der Waals surface area contributed by atoms with Gasteiger partial charge < -0.3 is 10.4 Å². The number of carbonyl (C=O) groups is 1. The third-order valence-corrected chi connectivity index (χ3v) is 2.26. The molecule has 0 aliphatic heterocycles. The third kappa shape index (κ3) is 4.78.